The molecule has 26 heavy (non-hydrogen) atoms. The molecule has 4 heteroatoms. The van der Waals surface area contributed by atoms with Crippen LogP contribution in [0.4, 0.5) is 0 Å². The van der Waals surface area contributed by atoms with Gasteiger partial charge in [0.1, 0.15) is 6.04 Å². The Morgan fingerprint density at radius 1 is 0.808 bits per heavy atom. The number of nitrogens with one attached hydrogen (secondary N) is 1. The number of aliphatic carboxylic acids is 1. The summed E-state index contributed by atoms with van der Waals surface area (Å²) in [5.41, 5.74) is 1.02. The van der Waals surface area contributed by atoms with Gasteiger partial charge >= 0.3 is 5.97 Å². The summed E-state index contributed by atoms with van der Waals surface area (Å²) in [6.45, 7) is 0. The summed E-state index contributed by atoms with van der Waals surface area (Å²) >= 11 is 0. The molecule has 2 N–H and O–H groups in total. The summed E-state index contributed by atoms with van der Waals surface area (Å²) in [5, 5.41) is 15.4. The lowest BCUT2D eigenvalue weighted by Crippen LogP contribution is -2.40. The maximum absolute atomic E-state index is 11.7. The van der Waals surface area contributed by atoms with Crippen molar-refractivity contribution in [3.8, 4) is 0 Å². The van der Waals surface area contributed by atoms with Gasteiger partial charge in [-0.1, -0.05) is 91.0 Å². The molecule has 0 aromatic heterocycles. The SMILES string of the molecule is O=C(O)C(Cc1ccccc1)NCP(c1ccccc1)c1ccccc1. The van der Waals surface area contributed by atoms with Crippen molar-refractivity contribution in [2.75, 3.05) is 6.29 Å². The standard InChI is InChI=1S/C22H22NO2P/c24-22(25)21(16-18-10-4-1-5-11-18)23-17-26(19-12-6-2-7-13-19)20-14-8-3-9-15-20/h1-15,21,23H,16-17H2,(H,24,25). The Morgan fingerprint density at radius 3 is 1.73 bits per heavy atom. The van der Waals surface area contributed by atoms with Gasteiger partial charge in [-0.15, -0.1) is 0 Å². The lowest BCUT2D eigenvalue weighted by molar-refractivity contribution is -0.139. The number of hydrogen-bond donors (Lipinski definition) is 2. The number of carboxylic acids is 1. The van der Waals surface area contributed by atoms with Gasteiger partial charge in [0.15, 0.2) is 0 Å². The predicted octanol–water partition coefficient (Wildman–Crippen LogP) is 3.36. The molecule has 0 aliphatic rings. The molecule has 3 aromatic carbocycles. The molecule has 0 saturated heterocycles. The quantitative estimate of drug-likeness (QED) is 0.604. The Hall–Kier alpha value is -2.48. The number of carboxylic acid groups (broad SMARTS) is 1. The normalized spacial score (nSPS) is 12.0. The van der Waals surface area contributed by atoms with E-state index in [0.29, 0.717) is 12.7 Å². The molecule has 0 fully saturated rings. The number of hydrogen-bond acceptors (Lipinski definition) is 2. The maximum atomic E-state index is 11.7. The van der Waals surface area contributed by atoms with Gasteiger partial charge in [-0.2, -0.15) is 0 Å². The average molecular weight is 363 g/mol. The molecule has 3 nitrogen and oxygen atoms in total. The Balaban J connectivity index is 1.76. The van der Waals surface area contributed by atoms with E-state index in [1.807, 2.05) is 66.7 Å². The van der Waals surface area contributed by atoms with Gasteiger partial charge in [-0.3, -0.25) is 10.1 Å². The summed E-state index contributed by atoms with van der Waals surface area (Å²) in [5.74, 6) is -0.815. The van der Waals surface area contributed by atoms with Crippen LogP contribution in [0.2, 0.25) is 0 Å². The van der Waals surface area contributed by atoms with Crippen LogP contribution in [0.3, 0.4) is 0 Å². The fourth-order valence-electron chi connectivity index (χ4n) is 2.85. The molecule has 0 saturated carbocycles. The van der Waals surface area contributed by atoms with Crippen LogP contribution in [-0.4, -0.2) is 23.4 Å². The van der Waals surface area contributed by atoms with Crippen molar-refractivity contribution in [1.29, 1.82) is 0 Å². The molecule has 1 unspecified atom stereocenters. The molecule has 1 atom stereocenters. The van der Waals surface area contributed by atoms with Gasteiger partial charge in [0.25, 0.3) is 0 Å². The maximum Gasteiger partial charge on any atom is 0.321 e. The number of benzene rings is 3. The minimum Gasteiger partial charge on any atom is -0.480 e. The summed E-state index contributed by atoms with van der Waals surface area (Å²) in [7, 11) is -0.657. The fourth-order valence-corrected chi connectivity index (χ4v) is 4.98. The van der Waals surface area contributed by atoms with E-state index in [4.69, 9.17) is 0 Å². The molecule has 0 bridgehead atoms. The summed E-state index contributed by atoms with van der Waals surface area (Å²) in [4.78, 5) is 11.7. The first kappa shape index (κ1) is 18.3. The molecule has 0 heterocycles. The van der Waals surface area contributed by atoms with Crippen LogP contribution in [0.15, 0.2) is 91.0 Å². The minimum absolute atomic E-state index is 0.475. The summed E-state index contributed by atoms with van der Waals surface area (Å²) in [6.07, 6.45) is 1.11. The van der Waals surface area contributed by atoms with Crippen LogP contribution < -0.4 is 15.9 Å². The second-order valence-corrected chi connectivity index (χ2v) is 8.25. The van der Waals surface area contributed by atoms with Gasteiger partial charge in [0, 0.05) is 6.29 Å². The molecular weight excluding hydrogens is 341 g/mol. The Morgan fingerprint density at radius 2 is 1.27 bits per heavy atom. The lowest BCUT2D eigenvalue weighted by atomic mass is 10.1. The molecule has 0 radical (unpaired) electrons. The van der Waals surface area contributed by atoms with Crippen molar-refractivity contribution in [3.05, 3.63) is 96.6 Å². The summed E-state index contributed by atoms with van der Waals surface area (Å²) < 4.78 is 0. The van der Waals surface area contributed by atoms with Crippen LogP contribution in [0.1, 0.15) is 5.56 Å². The van der Waals surface area contributed by atoms with Crippen molar-refractivity contribution in [2.45, 2.75) is 12.5 Å². The van der Waals surface area contributed by atoms with E-state index in [-0.39, 0.29) is 0 Å². The Bertz CT molecular complexity index is 770. The molecular formula is C22H22NO2P. The summed E-state index contributed by atoms with van der Waals surface area (Å²) in [6, 6.07) is 29.8. The van der Waals surface area contributed by atoms with Crippen LogP contribution in [0.25, 0.3) is 0 Å². The molecule has 132 valence electrons. The van der Waals surface area contributed by atoms with Crippen molar-refractivity contribution in [2.24, 2.45) is 0 Å². The molecule has 0 amide bonds. The topological polar surface area (TPSA) is 49.3 Å². The highest BCUT2D eigenvalue weighted by molar-refractivity contribution is 7.72. The zero-order valence-corrected chi connectivity index (χ0v) is 15.3. The van der Waals surface area contributed by atoms with E-state index >= 15 is 0 Å². The predicted molar refractivity (Wildman–Crippen MR) is 109 cm³/mol. The molecule has 3 aromatic rings. The zero-order chi connectivity index (χ0) is 18.2. The fraction of sp³-hybridized carbons (Fsp3) is 0.136. The van der Waals surface area contributed by atoms with Crippen LogP contribution >= 0.6 is 7.92 Å². The van der Waals surface area contributed by atoms with E-state index in [9.17, 15) is 9.90 Å². The third kappa shape index (κ3) is 5.01. The van der Waals surface area contributed by atoms with E-state index < -0.39 is 19.9 Å². The Labute approximate surface area is 155 Å². The molecule has 0 spiro atoms. The largest absolute Gasteiger partial charge is 0.480 e. The van der Waals surface area contributed by atoms with Gasteiger partial charge in [0.05, 0.1) is 0 Å². The highest BCUT2D eigenvalue weighted by atomic mass is 31.1. The van der Waals surface area contributed by atoms with Crippen LogP contribution in [0.5, 0.6) is 0 Å². The van der Waals surface area contributed by atoms with Crippen LogP contribution in [-0.2, 0) is 11.2 Å². The Kier molecular flexibility index (Phi) is 6.54. The van der Waals surface area contributed by atoms with Crippen molar-refractivity contribution in [1.82, 2.24) is 5.32 Å². The molecule has 0 aliphatic carbocycles. The van der Waals surface area contributed by atoms with Gasteiger partial charge < -0.3 is 5.11 Å². The third-order valence-electron chi connectivity index (χ3n) is 4.21. The van der Waals surface area contributed by atoms with Crippen LogP contribution in [0, 0.1) is 0 Å². The van der Waals surface area contributed by atoms with E-state index in [1.165, 1.54) is 10.6 Å². The number of rotatable bonds is 8. The second kappa shape index (κ2) is 9.28. The lowest BCUT2D eigenvalue weighted by Gasteiger charge is -2.22. The first-order chi connectivity index (χ1) is 12.7. The second-order valence-electron chi connectivity index (χ2n) is 6.04. The van der Waals surface area contributed by atoms with E-state index in [0.717, 1.165) is 5.56 Å². The first-order valence-corrected chi connectivity index (χ1v) is 10.1. The monoisotopic (exact) mass is 363 g/mol. The molecule has 3 rings (SSSR count). The van der Waals surface area contributed by atoms with Gasteiger partial charge in [0.2, 0.25) is 0 Å². The highest BCUT2D eigenvalue weighted by Crippen LogP contribution is 2.32. The van der Waals surface area contributed by atoms with E-state index in [2.05, 4.69) is 29.6 Å². The van der Waals surface area contributed by atoms with Gasteiger partial charge in [-0.05, 0) is 30.5 Å². The third-order valence-corrected chi connectivity index (χ3v) is 6.55. The average Bonchev–Trinajstić information content (AvgIpc) is 2.69. The van der Waals surface area contributed by atoms with Gasteiger partial charge in [-0.25, -0.2) is 0 Å². The van der Waals surface area contributed by atoms with Crippen molar-refractivity contribution in [3.63, 3.8) is 0 Å². The minimum atomic E-state index is -0.815. The molecule has 0 aliphatic heterocycles. The zero-order valence-electron chi connectivity index (χ0n) is 14.5. The number of carbonyl (C=O) groups is 1. The van der Waals surface area contributed by atoms with E-state index in [1.54, 1.807) is 0 Å². The first-order valence-electron chi connectivity index (χ1n) is 8.62. The van der Waals surface area contributed by atoms with Crippen molar-refractivity contribution < 1.29 is 9.90 Å². The van der Waals surface area contributed by atoms with Crippen molar-refractivity contribution >= 4 is 24.5 Å². The smallest absolute Gasteiger partial charge is 0.321 e. The highest BCUT2D eigenvalue weighted by Gasteiger charge is 2.21.